The Morgan fingerprint density at radius 1 is 1.12 bits per heavy atom. The molecule has 5 heteroatoms. The van der Waals surface area contributed by atoms with E-state index in [9.17, 15) is 4.79 Å². The zero-order valence-corrected chi connectivity index (χ0v) is 15.4. The van der Waals surface area contributed by atoms with Crippen LogP contribution in [-0.4, -0.2) is 17.4 Å². The van der Waals surface area contributed by atoms with Crippen LogP contribution in [0.15, 0.2) is 58.2 Å². The lowest BCUT2D eigenvalue weighted by molar-refractivity contribution is 0.0946. The number of thioether (sulfide) groups is 1. The summed E-state index contributed by atoms with van der Waals surface area (Å²) in [7, 11) is 0. The highest BCUT2D eigenvalue weighted by Crippen LogP contribution is 2.27. The molecule has 3 aromatic rings. The highest BCUT2D eigenvalue weighted by atomic mass is 32.2. The molecule has 26 heavy (non-hydrogen) atoms. The molecular weight excluding hydrogens is 344 g/mol. The maximum absolute atomic E-state index is 12.6. The molecule has 134 valence electrons. The van der Waals surface area contributed by atoms with Crippen molar-refractivity contribution in [3.8, 4) is 0 Å². The van der Waals surface area contributed by atoms with Crippen LogP contribution in [0.1, 0.15) is 41.6 Å². The summed E-state index contributed by atoms with van der Waals surface area (Å²) >= 11 is 1.52. The number of hydrogen-bond donors (Lipinski definition) is 1. The summed E-state index contributed by atoms with van der Waals surface area (Å²) in [5.41, 5.74) is 3.40. The van der Waals surface area contributed by atoms with Crippen LogP contribution in [0.2, 0.25) is 0 Å². The van der Waals surface area contributed by atoms with E-state index in [4.69, 9.17) is 4.42 Å². The highest BCUT2D eigenvalue weighted by Gasteiger charge is 2.17. The molecule has 1 aromatic heterocycles. The number of carbonyl (C=O) groups excluding carboxylic acids is 1. The van der Waals surface area contributed by atoms with E-state index in [1.807, 2.05) is 48.5 Å². The first-order valence-electron chi connectivity index (χ1n) is 9.14. The van der Waals surface area contributed by atoms with Gasteiger partial charge < -0.3 is 9.73 Å². The Labute approximate surface area is 157 Å². The van der Waals surface area contributed by atoms with Gasteiger partial charge in [-0.05, 0) is 42.5 Å². The summed E-state index contributed by atoms with van der Waals surface area (Å²) in [6.07, 6.45) is 5.04. The van der Waals surface area contributed by atoms with Crippen LogP contribution < -0.4 is 5.32 Å². The predicted octanol–water partition coefficient (Wildman–Crippen LogP) is 5.04. The van der Waals surface area contributed by atoms with Crippen LogP contribution in [0.25, 0.3) is 11.1 Å². The van der Waals surface area contributed by atoms with Gasteiger partial charge in [0.25, 0.3) is 11.1 Å². The maximum atomic E-state index is 12.6. The van der Waals surface area contributed by atoms with Gasteiger partial charge in [-0.2, -0.15) is 0 Å². The molecule has 0 radical (unpaired) electrons. The smallest absolute Gasteiger partial charge is 0.257 e. The maximum Gasteiger partial charge on any atom is 0.257 e. The minimum absolute atomic E-state index is 0.0191. The molecule has 0 spiro atoms. The topological polar surface area (TPSA) is 55.1 Å². The Bertz CT molecular complexity index is 867. The van der Waals surface area contributed by atoms with Gasteiger partial charge in [-0.3, -0.25) is 4.79 Å². The molecule has 1 aliphatic rings. The van der Waals surface area contributed by atoms with Crippen LogP contribution in [0.5, 0.6) is 0 Å². The van der Waals surface area contributed by atoms with Crippen LogP contribution in [0.3, 0.4) is 0 Å². The van der Waals surface area contributed by atoms with Crippen LogP contribution >= 0.6 is 11.8 Å². The van der Waals surface area contributed by atoms with Crippen molar-refractivity contribution in [1.82, 2.24) is 10.3 Å². The average molecular weight is 366 g/mol. The normalized spacial score (nSPS) is 14.8. The first-order valence-corrected chi connectivity index (χ1v) is 10.1. The summed E-state index contributed by atoms with van der Waals surface area (Å²) in [6.45, 7) is 0.783. The molecule has 0 unspecified atom stereocenters. The summed E-state index contributed by atoms with van der Waals surface area (Å²) < 4.78 is 5.76. The van der Waals surface area contributed by atoms with Gasteiger partial charge in [0.2, 0.25) is 0 Å². The fourth-order valence-electron chi connectivity index (χ4n) is 3.47. The van der Waals surface area contributed by atoms with E-state index in [1.54, 1.807) is 0 Å². The number of nitrogens with zero attached hydrogens (tertiary/aromatic N) is 1. The second-order valence-electron chi connectivity index (χ2n) is 6.75. The average Bonchev–Trinajstić information content (AvgIpc) is 3.33. The Hall–Kier alpha value is -2.27. The number of rotatable bonds is 6. The summed E-state index contributed by atoms with van der Waals surface area (Å²) in [5.74, 6) is 1.31. The third kappa shape index (κ3) is 3.93. The minimum Gasteiger partial charge on any atom is -0.431 e. The van der Waals surface area contributed by atoms with Gasteiger partial charge in [-0.1, -0.05) is 54.9 Å². The highest BCUT2D eigenvalue weighted by molar-refractivity contribution is 7.98. The van der Waals surface area contributed by atoms with Crippen molar-refractivity contribution >= 4 is 28.8 Å². The zero-order chi connectivity index (χ0) is 17.8. The van der Waals surface area contributed by atoms with Gasteiger partial charge in [-0.25, -0.2) is 4.98 Å². The number of aromatic nitrogens is 1. The van der Waals surface area contributed by atoms with Crippen molar-refractivity contribution < 1.29 is 9.21 Å². The quantitative estimate of drug-likeness (QED) is 0.621. The van der Waals surface area contributed by atoms with Crippen molar-refractivity contribution in [3.63, 3.8) is 0 Å². The third-order valence-electron chi connectivity index (χ3n) is 4.91. The molecule has 2 aromatic carbocycles. The molecule has 1 fully saturated rings. The molecule has 1 heterocycles. The second-order valence-corrected chi connectivity index (χ2v) is 7.68. The molecule has 1 aliphatic carbocycles. The van der Waals surface area contributed by atoms with Gasteiger partial charge >= 0.3 is 0 Å². The summed E-state index contributed by atoms with van der Waals surface area (Å²) in [4.78, 5) is 17.1. The van der Waals surface area contributed by atoms with E-state index in [0.717, 1.165) is 28.8 Å². The Morgan fingerprint density at radius 2 is 1.88 bits per heavy atom. The monoisotopic (exact) mass is 366 g/mol. The van der Waals surface area contributed by atoms with E-state index >= 15 is 0 Å². The number of oxazole rings is 1. The number of hydrogen-bond acceptors (Lipinski definition) is 4. The molecule has 1 saturated carbocycles. The molecule has 0 aliphatic heterocycles. The molecular formula is C21H22N2O2S. The van der Waals surface area contributed by atoms with Crippen LogP contribution in [-0.2, 0) is 5.75 Å². The summed E-state index contributed by atoms with van der Waals surface area (Å²) in [6, 6.07) is 15.5. The van der Waals surface area contributed by atoms with E-state index in [2.05, 4.69) is 10.3 Å². The van der Waals surface area contributed by atoms with Gasteiger partial charge in [0.1, 0.15) is 5.52 Å². The number of amides is 1. The molecule has 0 saturated heterocycles. The standard InChI is InChI=1S/C21H22N2O2S/c24-20(22-13-15-7-1-2-8-15)17-10-4-3-9-16(17)14-26-21-23-18-11-5-6-12-19(18)25-21/h3-6,9-12,15H,1-2,7-8,13-14H2,(H,22,24). The zero-order valence-electron chi connectivity index (χ0n) is 14.6. The minimum atomic E-state index is 0.0191. The lowest BCUT2D eigenvalue weighted by Gasteiger charge is -2.12. The van der Waals surface area contributed by atoms with Crippen molar-refractivity contribution in [1.29, 1.82) is 0 Å². The molecule has 4 nitrogen and oxygen atoms in total. The Balaban J connectivity index is 1.42. The van der Waals surface area contributed by atoms with E-state index in [1.165, 1.54) is 37.4 Å². The Morgan fingerprint density at radius 3 is 2.73 bits per heavy atom. The van der Waals surface area contributed by atoms with Crippen LogP contribution in [0, 0.1) is 5.92 Å². The van der Waals surface area contributed by atoms with Gasteiger partial charge in [0.15, 0.2) is 5.58 Å². The van der Waals surface area contributed by atoms with Crippen molar-refractivity contribution in [2.45, 2.75) is 36.7 Å². The van der Waals surface area contributed by atoms with E-state index in [0.29, 0.717) is 16.9 Å². The fourth-order valence-corrected chi connectivity index (χ4v) is 4.31. The largest absolute Gasteiger partial charge is 0.431 e. The van der Waals surface area contributed by atoms with E-state index < -0.39 is 0 Å². The molecule has 1 N–H and O–H groups in total. The van der Waals surface area contributed by atoms with Gasteiger partial charge in [-0.15, -0.1) is 0 Å². The van der Waals surface area contributed by atoms with Crippen LogP contribution in [0.4, 0.5) is 0 Å². The molecule has 4 rings (SSSR count). The third-order valence-corrected chi connectivity index (χ3v) is 5.79. The summed E-state index contributed by atoms with van der Waals surface area (Å²) in [5, 5.41) is 3.75. The first kappa shape index (κ1) is 17.2. The fraction of sp³-hybridized carbons (Fsp3) is 0.333. The number of fused-ring (bicyclic) bond motifs is 1. The first-order chi connectivity index (χ1) is 12.8. The molecule has 0 bridgehead atoms. The van der Waals surface area contributed by atoms with Crippen molar-refractivity contribution in [3.05, 3.63) is 59.7 Å². The number of benzene rings is 2. The lowest BCUT2D eigenvalue weighted by atomic mass is 10.1. The van der Waals surface area contributed by atoms with Gasteiger partial charge in [0.05, 0.1) is 0 Å². The van der Waals surface area contributed by atoms with Crippen molar-refractivity contribution in [2.75, 3.05) is 6.54 Å². The second kappa shape index (κ2) is 7.96. The SMILES string of the molecule is O=C(NCC1CCCC1)c1ccccc1CSc1nc2ccccc2o1. The molecule has 0 atom stereocenters. The Kier molecular flexibility index (Phi) is 5.25. The molecule has 1 amide bonds. The number of carbonyl (C=O) groups is 1. The van der Waals surface area contributed by atoms with E-state index in [-0.39, 0.29) is 5.91 Å². The lowest BCUT2D eigenvalue weighted by Crippen LogP contribution is -2.29. The predicted molar refractivity (Wildman–Crippen MR) is 104 cm³/mol. The number of nitrogens with one attached hydrogen (secondary N) is 1. The van der Waals surface area contributed by atoms with Gasteiger partial charge in [0, 0.05) is 17.9 Å². The number of para-hydroxylation sites is 2. The van der Waals surface area contributed by atoms with Crippen molar-refractivity contribution in [2.24, 2.45) is 5.92 Å².